The van der Waals surface area contributed by atoms with Gasteiger partial charge in [0.2, 0.25) is 0 Å². The zero-order valence-corrected chi connectivity index (χ0v) is 7.15. The van der Waals surface area contributed by atoms with Crippen molar-refractivity contribution in [3.63, 3.8) is 0 Å². The molecule has 0 unspecified atom stereocenters. The van der Waals surface area contributed by atoms with Crippen molar-refractivity contribution in [2.45, 2.75) is 13.3 Å². The molecule has 1 rings (SSSR count). The van der Waals surface area contributed by atoms with E-state index in [2.05, 4.69) is 12.3 Å². The number of hydrogen-bond acceptors (Lipinski definition) is 2. The van der Waals surface area contributed by atoms with E-state index in [-0.39, 0.29) is 0 Å². The molecule has 0 fully saturated rings. The summed E-state index contributed by atoms with van der Waals surface area (Å²) in [6.45, 7) is 2.06. The van der Waals surface area contributed by atoms with Crippen molar-refractivity contribution in [3.8, 4) is 0 Å². The van der Waals surface area contributed by atoms with Gasteiger partial charge in [-0.3, -0.25) is 5.84 Å². The summed E-state index contributed by atoms with van der Waals surface area (Å²) in [6.07, 6.45) is 0.931. The van der Waals surface area contributed by atoms with Crippen LogP contribution in [-0.2, 0) is 6.42 Å². The molecular formula is C8H11ClN2. The zero-order chi connectivity index (χ0) is 8.27. The first-order valence-corrected chi connectivity index (χ1v) is 3.90. The van der Waals surface area contributed by atoms with Crippen LogP contribution in [0.25, 0.3) is 0 Å². The van der Waals surface area contributed by atoms with Crippen molar-refractivity contribution in [3.05, 3.63) is 28.8 Å². The van der Waals surface area contributed by atoms with Gasteiger partial charge in [-0.15, -0.1) is 0 Å². The molecule has 0 bridgehead atoms. The molecule has 0 aliphatic rings. The first-order valence-electron chi connectivity index (χ1n) is 3.53. The Labute approximate surface area is 71.3 Å². The molecule has 0 radical (unpaired) electrons. The fourth-order valence-corrected chi connectivity index (χ4v) is 1.19. The lowest BCUT2D eigenvalue weighted by molar-refractivity contribution is 1.13. The molecule has 2 nitrogen and oxygen atoms in total. The number of benzene rings is 1. The summed E-state index contributed by atoms with van der Waals surface area (Å²) in [5, 5.41) is 0.751. The van der Waals surface area contributed by atoms with E-state index in [1.54, 1.807) is 0 Å². The predicted octanol–water partition coefficient (Wildman–Crippen LogP) is 2.19. The maximum absolute atomic E-state index is 5.78. The van der Waals surface area contributed by atoms with Crippen molar-refractivity contribution >= 4 is 17.3 Å². The zero-order valence-electron chi connectivity index (χ0n) is 6.39. The summed E-state index contributed by atoms with van der Waals surface area (Å²) >= 11 is 5.78. The second kappa shape index (κ2) is 3.60. The number of nitrogen functional groups attached to an aromatic ring is 1. The SMILES string of the molecule is CCc1cc(Cl)ccc1NN. The van der Waals surface area contributed by atoms with Gasteiger partial charge in [0.15, 0.2) is 0 Å². The molecule has 0 spiro atoms. The van der Waals surface area contributed by atoms with Crippen LogP contribution in [0.2, 0.25) is 5.02 Å². The molecule has 0 aliphatic carbocycles. The van der Waals surface area contributed by atoms with E-state index in [0.29, 0.717) is 0 Å². The maximum atomic E-state index is 5.78. The fraction of sp³-hybridized carbons (Fsp3) is 0.250. The molecule has 0 aromatic heterocycles. The molecule has 0 saturated heterocycles. The predicted molar refractivity (Wildman–Crippen MR) is 48.6 cm³/mol. The van der Waals surface area contributed by atoms with Gasteiger partial charge in [0.25, 0.3) is 0 Å². The van der Waals surface area contributed by atoms with Crippen molar-refractivity contribution < 1.29 is 0 Å². The molecule has 0 atom stereocenters. The summed E-state index contributed by atoms with van der Waals surface area (Å²) in [4.78, 5) is 0. The number of nitrogens with one attached hydrogen (secondary N) is 1. The van der Waals surface area contributed by atoms with E-state index in [1.165, 1.54) is 0 Å². The summed E-state index contributed by atoms with van der Waals surface area (Å²) in [7, 11) is 0. The number of hydrogen-bond donors (Lipinski definition) is 2. The van der Waals surface area contributed by atoms with E-state index in [9.17, 15) is 0 Å². The highest BCUT2D eigenvalue weighted by atomic mass is 35.5. The molecule has 0 amide bonds. The second-order valence-corrected chi connectivity index (χ2v) is 2.74. The van der Waals surface area contributed by atoms with Gasteiger partial charge in [-0.25, -0.2) is 0 Å². The Morgan fingerprint density at radius 3 is 2.82 bits per heavy atom. The highest BCUT2D eigenvalue weighted by Gasteiger charge is 1.98. The molecule has 3 heteroatoms. The molecule has 3 N–H and O–H groups in total. The van der Waals surface area contributed by atoms with Gasteiger partial charge in [0.1, 0.15) is 0 Å². The number of halogens is 1. The van der Waals surface area contributed by atoms with Crippen LogP contribution in [-0.4, -0.2) is 0 Å². The minimum atomic E-state index is 0.751. The van der Waals surface area contributed by atoms with Crippen molar-refractivity contribution in [1.29, 1.82) is 0 Å². The Hall–Kier alpha value is -0.730. The average molecular weight is 171 g/mol. The molecule has 60 valence electrons. The van der Waals surface area contributed by atoms with Crippen molar-refractivity contribution in [1.82, 2.24) is 0 Å². The van der Waals surface area contributed by atoms with Gasteiger partial charge < -0.3 is 5.43 Å². The standard InChI is InChI=1S/C8H11ClN2/c1-2-6-5-7(9)3-4-8(6)11-10/h3-5,11H,2,10H2,1H3. The number of nitrogens with two attached hydrogens (primary N) is 1. The van der Waals surface area contributed by atoms with Crippen LogP contribution in [0.3, 0.4) is 0 Å². The molecular weight excluding hydrogens is 160 g/mol. The second-order valence-electron chi connectivity index (χ2n) is 2.30. The lowest BCUT2D eigenvalue weighted by Gasteiger charge is -2.05. The van der Waals surface area contributed by atoms with Crippen LogP contribution in [0.15, 0.2) is 18.2 Å². The molecule has 0 heterocycles. The van der Waals surface area contributed by atoms with Gasteiger partial charge >= 0.3 is 0 Å². The Morgan fingerprint density at radius 1 is 1.55 bits per heavy atom. The molecule has 0 aliphatic heterocycles. The number of rotatable bonds is 2. The first-order chi connectivity index (χ1) is 5.27. The molecule has 11 heavy (non-hydrogen) atoms. The third-order valence-electron chi connectivity index (χ3n) is 1.60. The van der Waals surface area contributed by atoms with E-state index in [0.717, 1.165) is 22.7 Å². The van der Waals surface area contributed by atoms with Crippen LogP contribution in [0.4, 0.5) is 5.69 Å². The molecule has 1 aromatic carbocycles. The third-order valence-corrected chi connectivity index (χ3v) is 1.84. The van der Waals surface area contributed by atoms with Crippen molar-refractivity contribution in [2.24, 2.45) is 5.84 Å². The summed E-state index contributed by atoms with van der Waals surface area (Å²) < 4.78 is 0. The topological polar surface area (TPSA) is 38.0 Å². The quantitative estimate of drug-likeness (QED) is 0.528. The summed E-state index contributed by atoms with van der Waals surface area (Å²) in [5.74, 6) is 5.28. The molecule has 0 saturated carbocycles. The first kappa shape index (κ1) is 8.37. The van der Waals surface area contributed by atoms with Crippen LogP contribution in [0.5, 0.6) is 0 Å². The fourth-order valence-electron chi connectivity index (χ4n) is 0.996. The van der Waals surface area contributed by atoms with Crippen LogP contribution < -0.4 is 11.3 Å². The van der Waals surface area contributed by atoms with E-state index in [4.69, 9.17) is 17.4 Å². The highest BCUT2D eigenvalue weighted by molar-refractivity contribution is 6.30. The lowest BCUT2D eigenvalue weighted by Crippen LogP contribution is -2.08. The van der Waals surface area contributed by atoms with Gasteiger partial charge in [0.05, 0.1) is 5.69 Å². The van der Waals surface area contributed by atoms with Crippen LogP contribution in [0.1, 0.15) is 12.5 Å². The Bertz CT molecular complexity index is 248. The normalized spacial score (nSPS) is 9.73. The van der Waals surface area contributed by atoms with Gasteiger partial charge in [-0.05, 0) is 30.2 Å². The van der Waals surface area contributed by atoms with Gasteiger partial charge in [-0.1, -0.05) is 18.5 Å². The molecule has 1 aromatic rings. The smallest absolute Gasteiger partial charge is 0.0517 e. The lowest BCUT2D eigenvalue weighted by atomic mass is 10.1. The largest absolute Gasteiger partial charge is 0.324 e. The highest BCUT2D eigenvalue weighted by Crippen LogP contribution is 2.19. The van der Waals surface area contributed by atoms with Crippen LogP contribution >= 0.6 is 11.6 Å². The van der Waals surface area contributed by atoms with Crippen LogP contribution in [0, 0.1) is 0 Å². The minimum absolute atomic E-state index is 0.751. The minimum Gasteiger partial charge on any atom is -0.324 e. The van der Waals surface area contributed by atoms with Gasteiger partial charge in [0, 0.05) is 5.02 Å². The summed E-state index contributed by atoms with van der Waals surface area (Å²) in [6, 6.07) is 5.60. The third kappa shape index (κ3) is 1.85. The summed E-state index contributed by atoms with van der Waals surface area (Å²) in [5.41, 5.74) is 4.70. The maximum Gasteiger partial charge on any atom is 0.0517 e. The average Bonchev–Trinajstić information content (AvgIpc) is 2.04. The van der Waals surface area contributed by atoms with E-state index in [1.807, 2.05) is 18.2 Å². The Balaban J connectivity index is 3.06. The van der Waals surface area contributed by atoms with Crippen molar-refractivity contribution in [2.75, 3.05) is 5.43 Å². The van der Waals surface area contributed by atoms with Gasteiger partial charge in [-0.2, -0.15) is 0 Å². The number of anilines is 1. The Kier molecular flexibility index (Phi) is 2.74. The number of hydrazine groups is 1. The monoisotopic (exact) mass is 170 g/mol. The number of aryl methyl sites for hydroxylation is 1. The Morgan fingerprint density at radius 2 is 2.27 bits per heavy atom. The van der Waals surface area contributed by atoms with E-state index >= 15 is 0 Å². The van der Waals surface area contributed by atoms with E-state index < -0.39 is 0 Å².